The average molecular weight is 230 g/mol. The molecular formula is C15H22N2. The summed E-state index contributed by atoms with van der Waals surface area (Å²) >= 11 is 0. The molecule has 2 nitrogen and oxygen atoms in total. The van der Waals surface area contributed by atoms with Gasteiger partial charge in [-0.1, -0.05) is 24.3 Å². The molecule has 1 atom stereocenters. The fourth-order valence-electron chi connectivity index (χ4n) is 3.51. The number of hydrogen-bond donors (Lipinski definition) is 1. The predicted molar refractivity (Wildman–Crippen MR) is 71.2 cm³/mol. The highest BCUT2D eigenvalue weighted by atomic mass is 15.2. The van der Waals surface area contributed by atoms with Crippen LogP contribution in [-0.4, -0.2) is 31.6 Å². The molecule has 0 spiro atoms. The van der Waals surface area contributed by atoms with Gasteiger partial charge in [-0.3, -0.25) is 0 Å². The van der Waals surface area contributed by atoms with Crippen molar-refractivity contribution in [3.63, 3.8) is 0 Å². The molecule has 3 rings (SSSR count). The van der Waals surface area contributed by atoms with Crippen molar-refractivity contribution in [3.8, 4) is 0 Å². The molecule has 0 aromatic heterocycles. The van der Waals surface area contributed by atoms with Crippen molar-refractivity contribution in [2.75, 3.05) is 26.7 Å². The van der Waals surface area contributed by atoms with Gasteiger partial charge in [-0.2, -0.15) is 0 Å². The minimum absolute atomic E-state index is 0.209. The van der Waals surface area contributed by atoms with Crippen LogP contribution in [0.2, 0.25) is 0 Å². The molecule has 1 heterocycles. The lowest BCUT2D eigenvalue weighted by molar-refractivity contribution is 0.215. The minimum Gasteiger partial charge on any atom is -0.309 e. The third-order valence-corrected chi connectivity index (χ3v) is 4.52. The summed E-state index contributed by atoms with van der Waals surface area (Å²) in [5.74, 6) is 0. The normalized spacial score (nSPS) is 28.5. The van der Waals surface area contributed by atoms with Gasteiger partial charge in [-0.25, -0.2) is 0 Å². The molecule has 1 unspecified atom stereocenters. The van der Waals surface area contributed by atoms with E-state index in [0.29, 0.717) is 0 Å². The Bertz CT molecular complexity index is 396. The Morgan fingerprint density at radius 2 is 2.00 bits per heavy atom. The number of fused-ring (bicyclic) bond motifs is 1. The number of likely N-dealkylation sites (tertiary alicyclic amines) is 1. The van der Waals surface area contributed by atoms with Crippen molar-refractivity contribution in [1.82, 2.24) is 10.2 Å². The number of aryl methyl sites for hydroxylation is 1. The highest BCUT2D eigenvalue weighted by Gasteiger charge is 2.38. The lowest BCUT2D eigenvalue weighted by atomic mass is 9.91. The van der Waals surface area contributed by atoms with Gasteiger partial charge < -0.3 is 10.2 Å². The van der Waals surface area contributed by atoms with Crippen molar-refractivity contribution in [3.05, 3.63) is 35.4 Å². The van der Waals surface area contributed by atoms with Gasteiger partial charge in [0.2, 0.25) is 0 Å². The maximum atomic E-state index is 3.62. The Morgan fingerprint density at radius 3 is 2.76 bits per heavy atom. The van der Waals surface area contributed by atoms with Crippen LogP contribution >= 0.6 is 0 Å². The monoisotopic (exact) mass is 230 g/mol. The molecule has 92 valence electrons. The van der Waals surface area contributed by atoms with E-state index in [1.54, 1.807) is 5.56 Å². The zero-order valence-electron chi connectivity index (χ0n) is 10.7. The van der Waals surface area contributed by atoms with Crippen LogP contribution in [0.15, 0.2) is 24.3 Å². The van der Waals surface area contributed by atoms with E-state index in [1.807, 2.05) is 0 Å². The summed E-state index contributed by atoms with van der Waals surface area (Å²) in [5, 5.41) is 3.62. The Morgan fingerprint density at radius 1 is 1.24 bits per heavy atom. The maximum Gasteiger partial charge on any atom is 0.0566 e. The van der Waals surface area contributed by atoms with Gasteiger partial charge in [-0.15, -0.1) is 0 Å². The number of hydrogen-bond acceptors (Lipinski definition) is 2. The van der Waals surface area contributed by atoms with Crippen LogP contribution in [0.4, 0.5) is 0 Å². The first-order valence-electron chi connectivity index (χ1n) is 6.84. The van der Waals surface area contributed by atoms with E-state index in [1.165, 1.54) is 50.9 Å². The van der Waals surface area contributed by atoms with Gasteiger partial charge in [0.25, 0.3) is 0 Å². The SMILES string of the molecule is CNC1(CN2CCCC2)CCc2ccccc21. The van der Waals surface area contributed by atoms with Crippen LogP contribution in [0.3, 0.4) is 0 Å². The zero-order chi connectivity index (χ0) is 11.7. The summed E-state index contributed by atoms with van der Waals surface area (Å²) in [7, 11) is 2.12. The van der Waals surface area contributed by atoms with E-state index in [4.69, 9.17) is 0 Å². The second-order valence-electron chi connectivity index (χ2n) is 5.47. The lowest BCUT2D eigenvalue weighted by Crippen LogP contribution is -2.47. The molecule has 1 aliphatic heterocycles. The van der Waals surface area contributed by atoms with Gasteiger partial charge in [-0.05, 0) is 56.9 Å². The Labute approximate surface area is 104 Å². The second kappa shape index (κ2) is 4.43. The van der Waals surface area contributed by atoms with Crippen molar-refractivity contribution >= 4 is 0 Å². The van der Waals surface area contributed by atoms with Crippen molar-refractivity contribution in [2.45, 2.75) is 31.2 Å². The molecule has 1 fully saturated rings. The number of rotatable bonds is 3. The smallest absolute Gasteiger partial charge is 0.0566 e. The van der Waals surface area contributed by atoms with Gasteiger partial charge in [0, 0.05) is 6.54 Å². The number of benzene rings is 1. The molecule has 1 saturated heterocycles. The van der Waals surface area contributed by atoms with Crippen LogP contribution in [0, 0.1) is 0 Å². The molecule has 1 aromatic rings. The lowest BCUT2D eigenvalue weighted by Gasteiger charge is -2.34. The first kappa shape index (κ1) is 11.2. The van der Waals surface area contributed by atoms with Gasteiger partial charge >= 0.3 is 0 Å². The van der Waals surface area contributed by atoms with Crippen LogP contribution < -0.4 is 5.32 Å². The van der Waals surface area contributed by atoms with Crippen LogP contribution in [0.5, 0.6) is 0 Å². The number of likely N-dealkylation sites (N-methyl/N-ethyl adjacent to an activating group) is 1. The van der Waals surface area contributed by atoms with E-state index >= 15 is 0 Å². The van der Waals surface area contributed by atoms with E-state index in [9.17, 15) is 0 Å². The maximum absolute atomic E-state index is 3.62. The van der Waals surface area contributed by atoms with Crippen molar-refractivity contribution in [1.29, 1.82) is 0 Å². The quantitative estimate of drug-likeness (QED) is 0.856. The highest BCUT2D eigenvalue weighted by Crippen LogP contribution is 2.37. The molecule has 0 radical (unpaired) electrons. The molecule has 0 saturated carbocycles. The van der Waals surface area contributed by atoms with Gasteiger partial charge in [0.05, 0.1) is 5.54 Å². The first-order valence-corrected chi connectivity index (χ1v) is 6.84. The van der Waals surface area contributed by atoms with Gasteiger partial charge in [0.1, 0.15) is 0 Å². The molecule has 1 N–H and O–H groups in total. The molecule has 0 bridgehead atoms. The summed E-state index contributed by atoms with van der Waals surface area (Å²) in [6.45, 7) is 3.75. The summed E-state index contributed by atoms with van der Waals surface area (Å²) in [5.41, 5.74) is 3.29. The topological polar surface area (TPSA) is 15.3 Å². The summed E-state index contributed by atoms with van der Waals surface area (Å²) in [6, 6.07) is 8.95. The molecule has 1 aliphatic carbocycles. The Balaban J connectivity index is 1.87. The highest BCUT2D eigenvalue weighted by molar-refractivity contribution is 5.39. The van der Waals surface area contributed by atoms with Crippen molar-refractivity contribution < 1.29 is 0 Å². The fraction of sp³-hybridized carbons (Fsp3) is 0.600. The summed E-state index contributed by atoms with van der Waals surface area (Å²) in [4.78, 5) is 2.62. The number of nitrogens with zero attached hydrogens (tertiary/aromatic N) is 1. The second-order valence-corrected chi connectivity index (χ2v) is 5.47. The molecule has 17 heavy (non-hydrogen) atoms. The van der Waals surface area contributed by atoms with E-state index in [-0.39, 0.29) is 5.54 Å². The molecule has 1 aromatic carbocycles. The number of nitrogens with one attached hydrogen (secondary N) is 1. The third-order valence-electron chi connectivity index (χ3n) is 4.52. The standard InChI is InChI=1S/C15H22N2/c1-16-15(12-17-10-4-5-11-17)9-8-13-6-2-3-7-14(13)15/h2-3,6-7,16H,4-5,8-12H2,1H3. The summed E-state index contributed by atoms with van der Waals surface area (Å²) < 4.78 is 0. The van der Waals surface area contributed by atoms with Gasteiger partial charge in [0.15, 0.2) is 0 Å². The molecule has 0 amide bonds. The Hall–Kier alpha value is -0.860. The van der Waals surface area contributed by atoms with Crippen molar-refractivity contribution in [2.24, 2.45) is 0 Å². The van der Waals surface area contributed by atoms with E-state index < -0.39 is 0 Å². The average Bonchev–Trinajstić information content (AvgIpc) is 2.99. The Kier molecular flexibility index (Phi) is 2.93. The molecular weight excluding hydrogens is 208 g/mol. The van der Waals surface area contributed by atoms with E-state index in [2.05, 4.69) is 41.5 Å². The van der Waals surface area contributed by atoms with E-state index in [0.717, 1.165) is 0 Å². The first-order chi connectivity index (χ1) is 8.34. The van der Waals surface area contributed by atoms with Crippen LogP contribution in [-0.2, 0) is 12.0 Å². The largest absolute Gasteiger partial charge is 0.309 e. The minimum atomic E-state index is 0.209. The fourth-order valence-corrected chi connectivity index (χ4v) is 3.51. The molecule has 2 aliphatic rings. The van der Waals surface area contributed by atoms with Crippen LogP contribution in [0.25, 0.3) is 0 Å². The zero-order valence-corrected chi connectivity index (χ0v) is 10.7. The predicted octanol–water partition coefficient (Wildman–Crippen LogP) is 2.14. The van der Waals surface area contributed by atoms with Crippen LogP contribution in [0.1, 0.15) is 30.4 Å². The summed E-state index contributed by atoms with van der Waals surface area (Å²) in [6.07, 6.45) is 5.23. The third kappa shape index (κ3) is 1.90. The molecule has 2 heteroatoms.